The van der Waals surface area contributed by atoms with Gasteiger partial charge in [0.15, 0.2) is 5.82 Å². The van der Waals surface area contributed by atoms with Crippen LogP contribution in [0.1, 0.15) is 24.1 Å². The highest BCUT2D eigenvalue weighted by Crippen LogP contribution is 2.46. The second-order valence-electron chi connectivity index (χ2n) is 4.44. The highest BCUT2D eigenvalue weighted by Gasteiger charge is 2.48. The van der Waals surface area contributed by atoms with E-state index in [-0.39, 0.29) is 11.8 Å². The molecule has 5 nitrogen and oxygen atoms in total. The monoisotopic (exact) mass is 276 g/mol. The quantitative estimate of drug-likeness (QED) is 0.846. The van der Waals surface area contributed by atoms with Crippen LogP contribution in [0.4, 0.5) is 0 Å². The second kappa shape index (κ2) is 5.05. The third-order valence-electron chi connectivity index (χ3n) is 3.02. The molecule has 0 saturated heterocycles. The first-order valence-electron chi connectivity index (χ1n) is 5.97. The van der Waals surface area contributed by atoms with Crippen LogP contribution in [0.2, 0.25) is 0 Å². The van der Waals surface area contributed by atoms with Crippen molar-refractivity contribution in [2.45, 2.75) is 23.0 Å². The fraction of sp³-hybridized carbons (Fsp3) is 0.308. The predicted molar refractivity (Wildman–Crippen MR) is 68.8 cm³/mol. The first-order chi connectivity index (χ1) is 9.24. The standard InChI is InChI=1S/C13H12N2O3S/c16-13(17)10-6-9(10)12-14-11(15-18-12)7-19-8-4-2-1-3-5-8/h1-5,9-10H,6-7H2,(H,16,17). The van der Waals surface area contributed by atoms with Crippen molar-refractivity contribution in [3.05, 3.63) is 42.0 Å². The van der Waals surface area contributed by atoms with Gasteiger partial charge in [-0.05, 0) is 18.6 Å². The largest absolute Gasteiger partial charge is 0.481 e. The van der Waals surface area contributed by atoms with E-state index < -0.39 is 5.97 Å². The van der Waals surface area contributed by atoms with Gasteiger partial charge in [-0.15, -0.1) is 11.8 Å². The van der Waals surface area contributed by atoms with E-state index in [9.17, 15) is 4.79 Å². The molecular formula is C13H12N2O3S. The van der Waals surface area contributed by atoms with Crippen LogP contribution in [-0.2, 0) is 10.5 Å². The zero-order valence-electron chi connectivity index (χ0n) is 10.0. The Morgan fingerprint density at radius 2 is 2.21 bits per heavy atom. The molecule has 1 heterocycles. The van der Waals surface area contributed by atoms with E-state index in [4.69, 9.17) is 9.63 Å². The number of rotatable bonds is 5. The molecule has 2 unspecified atom stereocenters. The molecule has 1 N–H and O–H groups in total. The molecule has 3 rings (SSSR count). The lowest BCUT2D eigenvalue weighted by atomic mass is 10.3. The highest BCUT2D eigenvalue weighted by atomic mass is 32.2. The molecule has 2 aromatic rings. The lowest BCUT2D eigenvalue weighted by Crippen LogP contribution is -1.99. The minimum Gasteiger partial charge on any atom is -0.481 e. The number of hydrogen-bond acceptors (Lipinski definition) is 5. The smallest absolute Gasteiger partial charge is 0.307 e. The van der Waals surface area contributed by atoms with Gasteiger partial charge in [0.25, 0.3) is 0 Å². The van der Waals surface area contributed by atoms with Crippen molar-refractivity contribution in [3.63, 3.8) is 0 Å². The Morgan fingerprint density at radius 3 is 2.89 bits per heavy atom. The first kappa shape index (κ1) is 12.2. The van der Waals surface area contributed by atoms with Crippen LogP contribution in [0.15, 0.2) is 39.8 Å². The van der Waals surface area contributed by atoms with E-state index >= 15 is 0 Å². The van der Waals surface area contributed by atoms with E-state index in [1.165, 1.54) is 0 Å². The Kier molecular flexibility index (Phi) is 3.25. The molecule has 98 valence electrons. The van der Waals surface area contributed by atoms with E-state index in [1.54, 1.807) is 11.8 Å². The van der Waals surface area contributed by atoms with Crippen molar-refractivity contribution >= 4 is 17.7 Å². The van der Waals surface area contributed by atoms with E-state index in [0.717, 1.165) is 4.90 Å². The number of aromatic nitrogens is 2. The van der Waals surface area contributed by atoms with Crippen LogP contribution in [0.25, 0.3) is 0 Å². The molecule has 1 aromatic carbocycles. The van der Waals surface area contributed by atoms with Crippen molar-refractivity contribution in [2.24, 2.45) is 5.92 Å². The SMILES string of the molecule is O=C(O)C1CC1c1nc(CSc2ccccc2)no1. The molecule has 0 bridgehead atoms. The molecule has 1 aromatic heterocycles. The lowest BCUT2D eigenvalue weighted by Gasteiger charge is -1.96. The minimum atomic E-state index is -0.789. The Hall–Kier alpha value is -1.82. The summed E-state index contributed by atoms with van der Waals surface area (Å²) in [6.07, 6.45) is 0.600. The average molecular weight is 276 g/mol. The van der Waals surface area contributed by atoms with Gasteiger partial charge >= 0.3 is 5.97 Å². The molecule has 6 heteroatoms. The summed E-state index contributed by atoms with van der Waals surface area (Å²) >= 11 is 1.62. The lowest BCUT2D eigenvalue weighted by molar-refractivity contribution is -0.138. The Labute approximate surface area is 114 Å². The molecule has 1 aliphatic rings. The number of benzene rings is 1. The molecule has 0 amide bonds. The second-order valence-corrected chi connectivity index (χ2v) is 5.49. The summed E-state index contributed by atoms with van der Waals surface area (Å²) in [4.78, 5) is 16.2. The van der Waals surface area contributed by atoms with Crippen molar-refractivity contribution in [1.29, 1.82) is 0 Å². The van der Waals surface area contributed by atoms with Crippen LogP contribution in [0, 0.1) is 5.92 Å². The third-order valence-corrected chi connectivity index (χ3v) is 4.03. The average Bonchev–Trinajstić information content (AvgIpc) is 3.10. The van der Waals surface area contributed by atoms with E-state index in [1.807, 2.05) is 30.3 Å². The van der Waals surface area contributed by atoms with Gasteiger partial charge in [0.05, 0.1) is 17.6 Å². The zero-order chi connectivity index (χ0) is 13.2. The number of thioether (sulfide) groups is 1. The van der Waals surface area contributed by atoms with Crippen molar-refractivity contribution in [1.82, 2.24) is 10.1 Å². The van der Waals surface area contributed by atoms with Gasteiger partial charge in [-0.25, -0.2) is 0 Å². The minimum absolute atomic E-state index is 0.0968. The molecule has 0 aliphatic heterocycles. The predicted octanol–water partition coefficient (Wildman–Crippen LogP) is 2.55. The fourth-order valence-electron chi connectivity index (χ4n) is 1.88. The topological polar surface area (TPSA) is 76.2 Å². The number of aliphatic carboxylic acids is 1. The number of carboxylic acids is 1. The number of nitrogens with zero attached hydrogens (tertiary/aromatic N) is 2. The molecule has 19 heavy (non-hydrogen) atoms. The third kappa shape index (κ3) is 2.78. The Morgan fingerprint density at radius 1 is 1.42 bits per heavy atom. The molecule has 1 aliphatic carbocycles. The number of hydrogen-bond donors (Lipinski definition) is 1. The van der Waals surface area contributed by atoms with E-state index in [2.05, 4.69) is 10.1 Å². The fourth-order valence-corrected chi connectivity index (χ4v) is 2.64. The van der Waals surface area contributed by atoms with Crippen molar-refractivity contribution < 1.29 is 14.4 Å². The van der Waals surface area contributed by atoms with Crippen LogP contribution in [0.5, 0.6) is 0 Å². The van der Waals surface area contributed by atoms with Crippen molar-refractivity contribution in [3.8, 4) is 0 Å². The summed E-state index contributed by atoms with van der Waals surface area (Å²) in [6.45, 7) is 0. The molecule has 0 spiro atoms. The van der Waals surface area contributed by atoms with Gasteiger partial charge in [-0.1, -0.05) is 23.4 Å². The molecule has 1 fully saturated rings. The van der Waals surface area contributed by atoms with Crippen LogP contribution < -0.4 is 0 Å². The summed E-state index contributed by atoms with van der Waals surface area (Å²) in [7, 11) is 0. The van der Waals surface area contributed by atoms with Gasteiger partial charge in [-0.2, -0.15) is 4.98 Å². The van der Waals surface area contributed by atoms with Gasteiger partial charge in [0.2, 0.25) is 5.89 Å². The first-order valence-corrected chi connectivity index (χ1v) is 6.96. The maximum atomic E-state index is 10.8. The van der Waals surface area contributed by atoms with Gasteiger partial charge < -0.3 is 9.63 Å². The number of carbonyl (C=O) groups is 1. The highest BCUT2D eigenvalue weighted by molar-refractivity contribution is 7.98. The van der Waals surface area contributed by atoms with Gasteiger partial charge in [0.1, 0.15) is 0 Å². The summed E-state index contributed by atoms with van der Waals surface area (Å²) < 4.78 is 5.12. The Balaban J connectivity index is 1.59. The van der Waals surface area contributed by atoms with Gasteiger partial charge in [0, 0.05) is 4.90 Å². The Bertz CT molecular complexity index is 585. The maximum absolute atomic E-state index is 10.8. The van der Waals surface area contributed by atoms with Crippen LogP contribution >= 0.6 is 11.8 Å². The van der Waals surface area contributed by atoms with Crippen LogP contribution in [0.3, 0.4) is 0 Å². The summed E-state index contributed by atoms with van der Waals surface area (Å²) in [5.74, 6) is 0.452. The molecule has 1 saturated carbocycles. The van der Waals surface area contributed by atoms with Crippen molar-refractivity contribution in [2.75, 3.05) is 0 Å². The zero-order valence-corrected chi connectivity index (χ0v) is 10.8. The normalized spacial score (nSPS) is 21.3. The van der Waals surface area contributed by atoms with E-state index in [0.29, 0.717) is 23.9 Å². The number of carboxylic acid groups (broad SMARTS) is 1. The summed E-state index contributed by atoms with van der Waals surface area (Å²) in [5.41, 5.74) is 0. The maximum Gasteiger partial charge on any atom is 0.307 e. The van der Waals surface area contributed by atoms with Gasteiger partial charge in [-0.3, -0.25) is 4.79 Å². The summed E-state index contributed by atoms with van der Waals surface area (Å²) in [6, 6.07) is 9.97. The summed E-state index contributed by atoms with van der Waals surface area (Å²) in [5, 5.41) is 12.7. The molecular weight excluding hydrogens is 264 g/mol. The van der Waals surface area contributed by atoms with Crippen LogP contribution in [-0.4, -0.2) is 21.2 Å². The molecule has 2 atom stereocenters. The molecule has 0 radical (unpaired) electrons.